The lowest BCUT2D eigenvalue weighted by Crippen LogP contribution is -2.57. The first-order valence-corrected chi connectivity index (χ1v) is 21.3. The number of hydrogen-bond donors (Lipinski definition) is 1. The number of ether oxygens (including phenoxy) is 2. The zero-order valence-corrected chi connectivity index (χ0v) is 34.8. The number of hydrogen-bond acceptors (Lipinski definition) is 9. The molecule has 4 fully saturated rings. The summed E-state index contributed by atoms with van der Waals surface area (Å²) in [6, 6.07) is 15.5. The molecule has 7 atom stereocenters. The molecular formula is C44H54N5O8S-. The maximum atomic E-state index is 15.0. The van der Waals surface area contributed by atoms with Crippen molar-refractivity contribution in [2.75, 3.05) is 26.7 Å². The van der Waals surface area contributed by atoms with Gasteiger partial charge in [-0.1, -0.05) is 64.1 Å². The first kappa shape index (κ1) is 41.3. The number of pyridine rings is 1. The third-order valence-electron chi connectivity index (χ3n) is 12.2. The SMILES string of the molecule is C=CC1CC1(NC(=O)[C@@H]1C[C@@H](Oc2cc(-c3ccccc3)nc3cc(OC)ccc23)CN1C(=O)[C@@H](CC(=O)N1CCCC(C)C1)C(C)(C)C)C(=O)N(C1CC1)S(=O)[O-]. The summed E-state index contributed by atoms with van der Waals surface area (Å²) in [5.41, 5.74) is 0.00728. The predicted molar refractivity (Wildman–Crippen MR) is 219 cm³/mol. The first-order valence-electron chi connectivity index (χ1n) is 20.3. The molecule has 1 N–H and O–H groups in total. The van der Waals surface area contributed by atoms with Crippen LogP contribution < -0.4 is 14.8 Å². The van der Waals surface area contributed by atoms with Crippen molar-refractivity contribution in [1.82, 2.24) is 24.4 Å². The maximum absolute atomic E-state index is 15.0. The van der Waals surface area contributed by atoms with Crippen LogP contribution >= 0.6 is 0 Å². The van der Waals surface area contributed by atoms with Gasteiger partial charge in [0.25, 0.3) is 5.91 Å². The fourth-order valence-electron chi connectivity index (χ4n) is 8.58. The van der Waals surface area contributed by atoms with Crippen molar-refractivity contribution < 1.29 is 37.4 Å². The molecule has 2 saturated heterocycles. The molecule has 4 aliphatic rings. The molecule has 7 rings (SSSR count). The van der Waals surface area contributed by atoms with Crippen LogP contribution in [0.4, 0.5) is 0 Å². The third kappa shape index (κ3) is 8.49. The van der Waals surface area contributed by atoms with E-state index in [1.807, 2.05) is 80.3 Å². The Bertz CT molecular complexity index is 2100. The lowest BCUT2D eigenvalue weighted by atomic mass is 9.77. The Morgan fingerprint density at radius 2 is 1.84 bits per heavy atom. The molecule has 58 heavy (non-hydrogen) atoms. The standard InChI is InChI=1S/C44H55N5O8S/c1-7-29-24-44(29,42(53)49(58(54)55)30-15-16-30)46-40(51)37-21-32(26-48(37)41(52)34(43(3,4)5)22-39(50)47-19-11-12-27(2)25-47)57-38-23-35(28-13-9-8-10-14-28)45-36-20-31(56-6)17-18-33(36)38/h7-10,13-14,17-18,20,23,27,29-30,32,34,37H,1,11-12,15-16,19,21-22,24-26H2,2-6H3,(H,46,51)(H,54,55)/p-1/t27?,29?,32-,34-,37+,44?/m1/s1. The highest BCUT2D eigenvalue weighted by Gasteiger charge is 2.63. The Morgan fingerprint density at radius 1 is 1.10 bits per heavy atom. The maximum Gasteiger partial charge on any atom is 0.260 e. The molecule has 310 valence electrons. The normalized spacial score (nSPS) is 25.4. The van der Waals surface area contributed by atoms with Gasteiger partial charge in [-0.3, -0.25) is 27.7 Å². The van der Waals surface area contributed by atoms with Crippen LogP contribution in [-0.2, 0) is 30.4 Å². The quantitative estimate of drug-likeness (QED) is 0.176. The number of fused-ring (bicyclic) bond motifs is 1. The first-order chi connectivity index (χ1) is 27.6. The average molecular weight is 813 g/mol. The third-order valence-corrected chi connectivity index (χ3v) is 13.0. The van der Waals surface area contributed by atoms with Crippen LogP contribution in [0.15, 0.2) is 67.3 Å². The fraction of sp³-hybridized carbons (Fsp3) is 0.523. The zero-order valence-electron chi connectivity index (χ0n) is 34.0. The highest BCUT2D eigenvalue weighted by Crippen LogP contribution is 2.48. The van der Waals surface area contributed by atoms with Crippen LogP contribution in [0.25, 0.3) is 22.2 Å². The van der Waals surface area contributed by atoms with Gasteiger partial charge in [0, 0.05) is 61.0 Å². The number of nitrogens with zero attached hydrogens (tertiary/aromatic N) is 4. The molecule has 0 bridgehead atoms. The molecule has 13 nitrogen and oxygen atoms in total. The molecule has 0 spiro atoms. The smallest absolute Gasteiger partial charge is 0.260 e. The van der Waals surface area contributed by atoms with E-state index in [0.29, 0.717) is 59.9 Å². The summed E-state index contributed by atoms with van der Waals surface area (Å²) in [7, 11) is 1.58. The van der Waals surface area contributed by atoms with E-state index in [1.165, 1.54) is 4.90 Å². The number of nitrogens with one attached hydrogen (secondary N) is 1. The van der Waals surface area contributed by atoms with E-state index in [-0.39, 0.29) is 37.6 Å². The fourth-order valence-corrected chi connectivity index (χ4v) is 9.33. The molecular weight excluding hydrogens is 759 g/mol. The van der Waals surface area contributed by atoms with Crippen molar-refractivity contribution in [3.63, 3.8) is 0 Å². The lowest BCUT2D eigenvalue weighted by molar-refractivity contribution is -0.149. The number of rotatable bonds is 13. The van der Waals surface area contributed by atoms with Gasteiger partial charge in [0.2, 0.25) is 17.7 Å². The van der Waals surface area contributed by atoms with Crippen LogP contribution in [0, 0.1) is 23.2 Å². The van der Waals surface area contributed by atoms with Crippen molar-refractivity contribution in [1.29, 1.82) is 0 Å². The molecule has 1 aromatic heterocycles. The number of likely N-dealkylation sites (tertiary alicyclic amines) is 2. The summed E-state index contributed by atoms with van der Waals surface area (Å²) in [6.07, 6.45) is 4.18. The number of carbonyl (C=O) groups is 4. The van der Waals surface area contributed by atoms with E-state index in [2.05, 4.69) is 18.8 Å². The second kappa shape index (κ2) is 16.4. The van der Waals surface area contributed by atoms with Crippen molar-refractivity contribution in [2.24, 2.45) is 23.2 Å². The van der Waals surface area contributed by atoms with E-state index in [9.17, 15) is 27.9 Å². The number of methoxy groups -OCH3 is 1. The minimum absolute atomic E-state index is 0.0186. The van der Waals surface area contributed by atoms with Crippen LogP contribution in [0.2, 0.25) is 0 Å². The lowest BCUT2D eigenvalue weighted by Gasteiger charge is -2.37. The molecule has 2 aliphatic heterocycles. The Labute approximate surface area is 342 Å². The molecule has 3 aromatic rings. The second-order valence-corrected chi connectivity index (χ2v) is 18.4. The van der Waals surface area contributed by atoms with Crippen molar-refractivity contribution in [2.45, 2.75) is 96.4 Å². The Morgan fingerprint density at radius 3 is 2.47 bits per heavy atom. The summed E-state index contributed by atoms with van der Waals surface area (Å²) in [4.78, 5) is 65.6. The highest BCUT2D eigenvalue weighted by molar-refractivity contribution is 7.77. The highest BCUT2D eigenvalue weighted by atomic mass is 32.2. The van der Waals surface area contributed by atoms with Crippen molar-refractivity contribution in [3.8, 4) is 22.8 Å². The van der Waals surface area contributed by atoms with Gasteiger partial charge in [-0.2, -0.15) is 0 Å². The van der Waals surface area contributed by atoms with Gasteiger partial charge < -0.3 is 29.1 Å². The summed E-state index contributed by atoms with van der Waals surface area (Å²) in [5.74, 6) is -1.52. The van der Waals surface area contributed by atoms with E-state index in [4.69, 9.17) is 14.5 Å². The molecule has 4 amide bonds. The molecule has 0 radical (unpaired) electrons. The van der Waals surface area contributed by atoms with Gasteiger partial charge in [0.1, 0.15) is 29.2 Å². The molecule has 2 aromatic carbocycles. The van der Waals surface area contributed by atoms with Gasteiger partial charge in [-0.05, 0) is 55.6 Å². The molecule has 2 saturated carbocycles. The summed E-state index contributed by atoms with van der Waals surface area (Å²) in [6.45, 7) is 13.0. The summed E-state index contributed by atoms with van der Waals surface area (Å²) in [5, 5.41) is 3.63. The number of piperidine rings is 1. The second-order valence-electron chi connectivity index (χ2n) is 17.5. The topological polar surface area (TPSA) is 162 Å². The number of benzene rings is 2. The Balaban J connectivity index is 1.22. The van der Waals surface area contributed by atoms with Crippen LogP contribution in [-0.4, -0.2) is 102 Å². The Kier molecular flexibility index (Phi) is 11.7. The van der Waals surface area contributed by atoms with Crippen molar-refractivity contribution in [3.05, 3.63) is 67.3 Å². The van der Waals surface area contributed by atoms with Crippen LogP contribution in [0.3, 0.4) is 0 Å². The minimum atomic E-state index is -2.83. The number of carbonyl (C=O) groups excluding carboxylic acids is 4. The van der Waals surface area contributed by atoms with Gasteiger partial charge >= 0.3 is 0 Å². The summed E-state index contributed by atoms with van der Waals surface area (Å²) >= 11 is -2.83. The number of aromatic nitrogens is 1. The molecule has 14 heteroatoms. The van der Waals surface area contributed by atoms with Gasteiger partial charge in [0.15, 0.2) is 0 Å². The minimum Gasteiger partial charge on any atom is -0.755 e. The monoisotopic (exact) mass is 812 g/mol. The van der Waals surface area contributed by atoms with Crippen LogP contribution in [0.5, 0.6) is 11.5 Å². The van der Waals surface area contributed by atoms with Crippen molar-refractivity contribution >= 4 is 45.8 Å². The van der Waals surface area contributed by atoms with E-state index in [0.717, 1.165) is 22.7 Å². The molecule has 4 unspecified atom stereocenters. The predicted octanol–water partition coefficient (Wildman–Crippen LogP) is 5.42. The molecule has 2 aliphatic carbocycles. The van der Waals surface area contributed by atoms with Crippen LogP contribution in [0.1, 0.15) is 72.6 Å². The van der Waals surface area contributed by atoms with Gasteiger partial charge in [-0.25, -0.2) is 4.98 Å². The molecule has 3 heterocycles. The van der Waals surface area contributed by atoms with E-state index < -0.39 is 64.1 Å². The largest absolute Gasteiger partial charge is 0.755 e. The average Bonchev–Trinajstić information content (AvgIpc) is 4.12. The zero-order chi connectivity index (χ0) is 41.5. The van der Waals surface area contributed by atoms with Gasteiger partial charge in [0.05, 0.1) is 42.0 Å². The van der Waals surface area contributed by atoms with E-state index >= 15 is 0 Å². The Hall–Kier alpha value is -4.82. The summed E-state index contributed by atoms with van der Waals surface area (Å²) < 4.78 is 37.7. The van der Waals surface area contributed by atoms with E-state index in [1.54, 1.807) is 13.2 Å². The van der Waals surface area contributed by atoms with Gasteiger partial charge in [-0.15, -0.1) is 6.58 Å². The number of amides is 4.